The van der Waals surface area contributed by atoms with E-state index < -0.39 is 0 Å². The van der Waals surface area contributed by atoms with E-state index in [0.29, 0.717) is 22.0 Å². The van der Waals surface area contributed by atoms with E-state index in [2.05, 4.69) is 15.9 Å². The maximum atomic E-state index is 11.5. The van der Waals surface area contributed by atoms with Crippen LogP contribution in [0.4, 0.5) is 0 Å². The molecule has 0 N–H and O–H groups in total. The lowest BCUT2D eigenvalue weighted by Crippen LogP contribution is -2.05. The number of Topliss-reactive ketones (excluding diaryl/α,β-unsaturated/α-hetero) is 1. The van der Waals surface area contributed by atoms with Crippen LogP contribution in [0.3, 0.4) is 0 Å². The summed E-state index contributed by atoms with van der Waals surface area (Å²) in [6.07, 6.45) is 0.633. The normalized spacial score (nSPS) is 20.5. The monoisotopic (exact) mass is 278 g/mol. The van der Waals surface area contributed by atoms with Crippen LogP contribution in [0.15, 0.2) is 12.1 Å². The molecule has 4 heteroatoms. The van der Waals surface area contributed by atoms with Gasteiger partial charge in [0.25, 0.3) is 0 Å². The molecule has 0 amide bonds. The lowest BCUT2D eigenvalue weighted by atomic mass is 10.1. The molecule has 68 valence electrons. The Morgan fingerprint density at radius 3 is 2.77 bits per heavy atom. The lowest BCUT2D eigenvalue weighted by Gasteiger charge is -2.01. The summed E-state index contributed by atoms with van der Waals surface area (Å²) < 4.78 is 0. The maximum Gasteiger partial charge on any atom is 0.177 e. The molecule has 13 heavy (non-hydrogen) atoms. The topological polar surface area (TPSA) is 17.1 Å². The number of carbonyl (C=O) groups excluding carboxylic acids is 1. The van der Waals surface area contributed by atoms with Crippen LogP contribution < -0.4 is 0 Å². The van der Waals surface area contributed by atoms with E-state index in [-0.39, 0.29) is 10.6 Å². The fourth-order valence-corrected chi connectivity index (χ4v) is 2.45. The molecule has 1 unspecified atom stereocenters. The van der Waals surface area contributed by atoms with Crippen molar-refractivity contribution in [2.24, 2.45) is 0 Å². The van der Waals surface area contributed by atoms with Gasteiger partial charge in [-0.3, -0.25) is 4.79 Å². The van der Waals surface area contributed by atoms with Crippen LogP contribution in [0.1, 0.15) is 15.9 Å². The number of alkyl halides is 1. The number of ketones is 1. The largest absolute Gasteiger partial charge is 0.293 e. The first kappa shape index (κ1) is 9.50. The molecule has 0 saturated heterocycles. The van der Waals surface area contributed by atoms with Crippen molar-refractivity contribution in [2.45, 2.75) is 11.2 Å². The summed E-state index contributed by atoms with van der Waals surface area (Å²) in [5.41, 5.74) is 1.55. The van der Waals surface area contributed by atoms with Gasteiger partial charge >= 0.3 is 0 Å². The summed E-state index contributed by atoms with van der Waals surface area (Å²) in [5.74, 6) is 0.0913. The van der Waals surface area contributed by atoms with Crippen molar-refractivity contribution in [3.05, 3.63) is 33.3 Å². The zero-order chi connectivity index (χ0) is 9.59. The number of halogens is 3. The average Bonchev–Trinajstić information content (AvgIpc) is 2.38. The minimum atomic E-state index is -0.140. The number of rotatable bonds is 0. The molecule has 0 spiro atoms. The molecule has 1 aliphatic rings. The van der Waals surface area contributed by atoms with Gasteiger partial charge in [0.15, 0.2) is 5.78 Å². The zero-order valence-electron chi connectivity index (χ0n) is 6.48. The van der Waals surface area contributed by atoms with Gasteiger partial charge in [-0.25, -0.2) is 0 Å². The van der Waals surface area contributed by atoms with E-state index in [9.17, 15) is 4.79 Å². The molecule has 0 fully saturated rings. The smallest absolute Gasteiger partial charge is 0.177 e. The zero-order valence-corrected chi connectivity index (χ0v) is 9.58. The molecule has 0 bridgehead atoms. The van der Waals surface area contributed by atoms with E-state index in [4.69, 9.17) is 23.2 Å². The predicted molar refractivity (Wildman–Crippen MR) is 57.2 cm³/mol. The predicted octanol–water partition coefficient (Wildman–Crippen LogP) is 3.50. The molecule has 2 rings (SSSR count). The second-order valence-corrected chi connectivity index (χ2v) is 4.81. The first-order valence-corrected chi connectivity index (χ1v) is 5.43. The van der Waals surface area contributed by atoms with Crippen molar-refractivity contribution >= 4 is 44.9 Å². The molecule has 1 aliphatic carbocycles. The highest BCUT2D eigenvalue weighted by atomic mass is 79.9. The Kier molecular flexibility index (Phi) is 2.39. The first-order chi connectivity index (χ1) is 6.11. The summed E-state index contributed by atoms with van der Waals surface area (Å²) in [6, 6.07) is 3.39. The van der Waals surface area contributed by atoms with Gasteiger partial charge < -0.3 is 0 Å². The van der Waals surface area contributed by atoms with Crippen molar-refractivity contribution in [3.8, 4) is 0 Å². The Hall–Kier alpha value is -0.0500. The lowest BCUT2D eigenvalue weighted by molar-refractivity contribution is 0.100. The highest BCUT2D eigenvalue weighted by Crippen LogP contribution is 2.36. The third-order valence-corrected chi connectivity index (χ3v) is 3.71. The molecule has 0 radical (unpaired) electrons. The second kappa shape index (κ2) is 3.26. The van der Waals surface area contributed by atoms with Crippen molar-refractivity contribution < 1.29 is 4.79 Å². The third kappa shape index (κ3) is 1.41. The van der Waals surface area contributed by atoms with Crippen molar-refractivity contribution in [1.29, 1.82) is 0 Å². The molecular weight excluding hydrogens is 275 g/mol. The molecule has 0 saturated carbocycles. The van der Waals surface area contributed by atoms with Crippen LogP contribution in [-0.4, -0.2) is 10.6 Å². The Balaban J connectivity index is 2.64. The van der Waals surface area contributed by atoms with E-state index in [1.54, 1.807) is 12.1 Å². The molecule has 1 atom stereocenters. The van der Waals surface area contributed by atoms with Crippen LogP contribution >= 0.6 is 39.1 Å². The van der Waals surface area contributed by atoms with Gasteiger partial charge in [-0.1, -0.05) is 39.1 Å². The molecule has 1 aromatic rings. The Morgan fingerprint density at radius 1 is 1.38 bits per heavy atom. The van der Waals surface area contributed by atoms with Crippen molar-refractivity contribution in [2.75, 3.05) is 0 Å². The number of carbonyl (C=O) groups is 1. The Bertz CT molecular complexity index is 389. The van der Waals surface area contributed by atoms with Crippen LogP contribution in [0.2, 0.25) is 10.0 Å². The molecular formula is C9H5BrCl2O. The fraction of sp³-hybridized carbons (Fsp3) is 0.222. The Morgan fingerprint density at radius 2 is 2.08 bits per heavy atom. The molecule has 0 aliphatic heterocycles. The highest BCUT2D eigenvalue weighted by Gasteiger charge is 2.30. The van der Waals surface area contributed by atoms with Crippen LogP contribution in [-0.2, 0) is 6.42 Å². The summed E-state index contributed by atoms with van der Waals surface area (Å²) in [7, 11) is 0. The van der Waals surface area contributed by atoms with E-state index >= 15 is 0 Å². The van der Waals surface area contributed by atoms with Gasteiger partial charge in [-0.2, -0.15) is 0 Å². The average molecular weight is 280 g/mol. The third-order valence-electron chi connectivity index (χ3n) is 2.13. The van der Waals surface area contributed by atoms with Crippen molar-refractivity contribution in [3.63, 3.8) is 0 Å². The first-order valence-electron chi connectivity index (χ1n) is 3.76. The summed E-state index contributed by atoms with van der Waals surface area (Å²) in [4.78, 5) is 11.4. The van der Waals surface area contributed by atoms with Gasteiger partial charge in [-0.15, -0.1) is 0 Å². The standard InChI is InChI=1S/C9H5BrCl2O/c10-6-3-5-4(9(6)13)1-2-7(11)8(5)12/h1-2,6H,3H2. The Labute approximate surface area is 94.2 Å². The molecule has 0 heterocycles. The summed E-state index contributed by atoms with van der Waals surface area (Å²) in [5, 5.41) is 1.02. The minimum absolute atomic E-state index is 0.0913. The summed E-state index contributed by atoms with van der Waals surface area (Å²) in [6.45, 7) is 0. The van der Waals surface area contributed by atoms with E-state index in [0.717, 1.165) is 5.56 Å². The van der Waals surface area contributed by atoms with Gasteiger partial charge in [0.2, 0.25) is 0 Å². The van der Waals surface area contributed by atoms with Gasteiger partial charge in [0.05, 0.1) is 14.9 Å². The number of hydrogen-bond donors (Lipinski definition) is 0. The molecule has 1 aromatic carbocycles. The van der Waals surface area contributed by atoms with Gasteiger partial charge in [-0.05, 0) is 24.1 Å². The minimum Gasteiger partial charge on any atom is -0.293 e. The SMILES string of the molecule is O=C1c2ccc(Cl)c(Cl)c2CC1Br. The highest BCUT2D eigenvalue weighted by molar-refractivity contribution is 9.10. The number of benzene rings is 1. The van der Waals surface area contributed by atoms with Crippen LogP contribution in [0, 0.1) is 0 Å². The van der Waals surface area contributed by atoms with Crippen LogP contribution in [0.5, 0.6) is 0 Å². The fourth-order valence-electron chi connectivity index (χ4n) is 1.46. The number of hydrogen-bond acceptors (Lipinski definition) is 1. The second-order valence-electron chi connectivity index (χ2n) is 2.92. The quantitative estimate of drug-likeness (QED) is 0.665. The van der Waals surface area contributed by atoms with Gasteiger partial charge in [0, 0.05) is 5.56 Å². The maximum absolute atomic E-state index is 11.5. The van der Waals surface area contributed by atoms with Gasteiger partial charge in [0.1, 0.15) is 0 Å². The summed E-state index contributed by atoms with van der Waals surface area (Å²) >= 11 is 15.1. The number of fused-ring (bicyclic) bond motifs is 1. The van der Waals surface area contributed by atoms with E-state index in [1.807, 2.05) is 0 Å². The molecule has 1 nitrogen and oxygen atoms in total. The van der Waals surface area contributed by atoms with E-state index in [1.165, 1.54) is 0 Å². The molecule has 0 aromatic heterocycles. The van der Waals surface area contributed by atoms with Crippen molar-refractivity contribution in [1.82, 2.24) is 0 Å². The van der Waals surface area contributed by atoms with Crippen LogP contribution in [0.25, 0.3) is 0 Å².